The quantitative estimate of drug-likeness (QED) is 0.696. The first kappa shape index (κ1) is 19.7. The Labute approximate surface area is 164 Å². The van der Waals surface area contributed by atoms with Crippen molar-refractivity contribution >= 4 is 11.9 Å². The summed E-state index contributed by atoms with van der Waals surface area (Å²) in [7, 11) is 1.60. The number of benzene rings is 1. The number of esters is 1. The van der Waals surface area contributed by atoms with Crippen LogP contribution in [0, 0.1) is 0 Å². The number of ether oxygens (including phenoxy) is 3. The number of carbonyl (C=O) groups excluding carboxylic acids is 1. The van der Waals surface area contributed by atoms with Crippen molar-refractivity contribution in [3.05, 3.63) is 41.4 Å². The van der Waals surface area contributed by atoms with Gasteiger partial charge >= 0.3 is 5.97 Å². The van der Waals surface area contributed by atoms with Gasteiger partial charge in [-0.15, -0.1) is 0 Å². The minimum atomic E-state index is -0.468. The molecule has 1 N–H and O–H groups in total. The Morgan fingerprint density at radius 2 is 2.04 bits per heavy atom. The molecular formula is C20H26N4O4. The van der Waals surface area contributed by atoms with Gasteiger partial charge in [-0.3, -0.25) is 0 Å². The second kappa shape index (κ2) is 8.77. The number of anilines is 1. The molecule has 0 unspecified atom stereocenters. The number of hydrogen-bond acceptors (Lipinski definition) is 7. The third-order valence-electron chi connectivity index (χ3n) is 4.48. The van der Waals surface area contributed by atoms with Crippen LogP contribution in [-0.4, -0.2) is 41.1 Å². The van der Waals surface area contributed by atoms with E-state index >= 15 is 0 Å². The molecule has 28 heavy (non-hydrogen) atoms. The number of allylic oxidation sites excluding steroid dienone is 1. The Bertz CT molecular complexity index is 875. The molecule has 8 nitrogen and oxygen atoms in total. The molecule has 2 aromatic rings. The second-order valence-electron chi connectivity index (χ2n) is 6.26. The first-order valence-electron chi connectivity index (χ1n) is 9.51. The highest BCUT2D eigenvalue weighted by atomic mass is 16.5. The Kier molecular flexibility index (Phi) is 6.18. The van der Waals surface area contributed by atoms with Gasteiger partial charge < -0.3 is 19.5 Å². The molecule has 0 bridgehead atoms. The largest absolute Gasteiger partial charge is 0.493 e. The lowest BCUT2D eigenvalue weighted by Crippen LogP contribution is -2.30. The summed E-state index contributed by atoms with van der Waals surface area (Å²) >= 11 is 0. The molecule has 0 saturated heterocycles. The molecule has 2 heterocycles. The van der Waals surface area contributed by atoms with E-state index in [1.165, 1.54) is 6.33 Å². The van der Waals surface area contributed by atoms with E-state index < -0.39 is 6.04 Å². The average Bonchev–Trinajstić information content (AvgIpc) is 3.15. The van der Waals surface area contributed by atoms with Crippen LogP contribution in [0.5, 0.6) is 11.5 Å². The molecule has 1 aliphatic heterocycles. The highest BCUT2D eigenvalue weighted by Crippen LogP contribution is 2.39. The van der Waals surface area contributed by atoms with Crippen LogP contribution < -0.4 is 14.8 Å². The molecule has 3 rings (SSSR count). The van der Waals surface area contributed by atoms with Crippen molar-refractivity contribution in [2.75, 3.05) is 25.6 Å². The third kappa shape index (κ3) is 3.67. The smallest absolute Gasteiger partial charge is 0.338 e. The number of rotatable bonds is 8. The maximum Gasteiger partial charge on any atom is 0.338 e. The normalized spacial score (nSPS) is 15.6. The summed E-state index contributed by atoms with van der Waals surface area (Å²) in [5.41, 5.74) is 2.18. The number of methoxy groups -OCH3 is 1. The van der Waals surface area contributed by atoms with Crippen molar-refractivity contribution in [2.24, 2.45) is 0 Å². The molecular weight excluding hydrogens is 360 g/mol. The van der Waals surface area contributed by atoms with E-state index in [2.05, 4.69) is 22.3 Å². The predicted octanol–water partition coefficient (Wildman–Crippen LogP) is 3.32. The Morgan fingerprint density at radius 1 is 1.21 bits per heavy atom. The predicted molar refractivity (Wildman–Crippen MR) is 105 cm³/mol. The standard InChI is InChI=1S/C20H26N4O4/c1-5-8-14-17(19(25)28-7-3)18(24-20(23-14)21-12-22-24)13-9-10-15(26-4)16(11-13)27-6-2/h9-12,18H,5-8H2,1-4H3,(H,21,22,23)/t18-/m0/s1. The first-order chi connectivity index (χ1) is 13.6. The third-order valence-corrected chi connectivity index (χ3v) is 4.48. The van der Waals surface area contributed by atoms with Gasteiger partial charge in [0.15, 0.2) is 11.5 Å². The van der Waals surface area contributed by atoms with Gasteiger partial charge in [0.25, 0.3) is 0 Å². The van der Waals surface area contributed by atoms with Crippen LogP contribution in [0.4, 0.5) is 5.95 Å². The fraction of sp³-hybridized carbons (Fsp3) is 0.450. The molecule has 0 fully saturated rings. The molecule has 1 aliphatic rings. The van der Waals surface area contributed by atoms with E-state index in [-0.39, 0.29) is 5.97 Å². The molecule has 8 heteroatoms. The van der Waals surface area contributed by atoms with Crippen LogP contribution in [0.1, 0.15) is 45.2 Å². The molecule has 0 spiro atoms. The summed E-state index contributed by atoms with van der Waals surface area (Å²) in [6.45, 7) is 6.57. The van der Waals surface area contributed by atoms with Gasteiger partial charge in [-0.2, -0.15) is 10.1 Å². The summed E-state index contributed by atoms with van der Waals surface area (Å²) in [6.07, 6.45) is 3.05. The minimum absolute atomic E-state index is 0.297. The lowest BCUT2D eigenvalue weighted by molar-refractivity contribution is -0.139. The van der Waals surface area contributed by atoms with Crippen LogP contribution in [0.25, 0.3) is 0 Å². The maximum absolute atomic E-state index is 12.9. The van der Waals surface area contributed by atoms with Gasteiger partial charge in [-0.25, -0.2) is 9.48 Å². The van der Waals surface area contributed by atoms with Crippen LogP contribution in [0.2, 0.25) is 0 Å². The van der Waals surface area contributed by atoms with Crippen LogP contribution in [0.3, 0.4) is 0 Å². The fourth-order valence-corrected chi connectivity index (χ4v) is 3.35. The minimum Gasteiger partial charge on any atom is -0.493 e. The SMILES string of the molecule is CCCC1=C(C(=O)OCC)[C@H](c2ccc(OC)c(OCC)c2)n2ncnc2N1. The maximum atomic E-state index is 12.9. The number of carbonyl (C=O) groups is 1. The van der Waals surface area contributed by atoms with Gasteiger partial charge in [-0.1, -0.05) is 19.4 Å². The van der Waals surface area contributed by atoms with Crippen LogP contribution >= 0.6 is 0 Å². The number of fused-ring (bicyclic) bond motifs is 1. The molecule has 0 saturated carbocycles. The lowest BCUT2D eigenvalue weighted by Gasteiger charge is -2.29. The molecule has 150 valence electrons. The van der Waals surface area contributed by atoms with Crippen LogP contribution in [-0.2, 0) is 9.53 Å². The zero-order chi connectivity index (χ0) is 20.1. The van der Waals surface area contributed by atoms with E-state index in [0.717, 1.165) is 17.7 Å². The first-order valence-corrected chi connectivity index (χ1v) is 9.51. The lowest BCUT2D eigenvalue weighted by atomic mass is 9.93. The number of nitrogens with one attached hydrogen (secondary N) is 1. The topological polar surface area (TPSA) is 87.5 Å². The number of aromatic nitrogens is 3. The van der Waals surface area contributed by atoms with Crippen molar-refractivity contribution in [1.82, 2.24) is 14.8 Å². The van der Waals surface area contributed by atoms with E-state index in [9.17, 15) is 4.79 Å². The monoisotopic (exact) mass is 386 g/mol. The Morgan fingerprint density at radius 3 is 2.71 bits per heavy atom. The van der Waals surface area contributed by atoms with Crippen molar-refractivity contribution in [1.29, 1.82) is 0 Å². The summed E-state index contributed by atoms with van der Waals surface area (Å²) in [6, 6.07) is 5.16. The van der Waals surface area contributed by atoms with E-state index in [4.69, 9.17) is 14.2 Å². The molecule has 0 amide bonds. The Hall–Kier alpha value is -3.03. The average molecular weight is 386 g/mol. The van der Waals surface area contributed by atoms with Gasteiger partial charge in [0, 0.05) is 5.70 Å². The van der Waals surface area contributed by atoms with Gasteiger partial charge in [0.05, 0.1) is 25.9 Å². The highest BCUT2D eigenvalue weighted by molar-refractivity contribution is 5.92. The summed E-state index contributed by atoms with van der Waals surface area (Å²) in [4.78, 5) is 17.2. The van der Waals surface area contributed by atoms with Crippen LogP contribution in [0.15, 0.2) is 35.8 Å². The van der Waals surface area contributed by atoms with Crippen molar-refractivity contribution < 1.29 is 19.0 Å². The van der Waals surface area contributed by atoms with Crippen molar-refractivity contribution in [3.63, 3.8) is 0 Å². The second-order valence-corrected chi connectivity index (χ2v) is 6.26. The molecule has 1 atom stereocenters. The zero-order valence-corrected chi connectivity index (χ0v) is 16.7. The van der Waals surface area contributed by atoms with Crippen molar-refractivity contribution in [2.45, 2.75) is 39.7 Å². The van der Waals surface area contributed by atoms with Gasteiger partial charge in [-0.05, 0) is 38.0 Å². The fourth-order valence-electron chi connectivity index (χ4n) is 3.35. The summed E-state index contributed by atoms with van der Waals surface area (Å²) < 4.78 is 18.2. The number of hydrogen-bond donors (Lipinski definition) is 1. The molecule has 1 aromatic carbocycles. The highest BCUT2D eigenvalue weighted by Gasteiger charge is 2.35. The Balaban J connectivity index is 2.17. The molecule has 1 aromatic heterocycles. The zero-order valence-electron chi connectivity index (χ0n) is 16.7. The van der Waals surface area contributed by atoms with E-state index in [1.807, 2.05) is 25.1 Å². The van der Waals surface area contributed by atoms with E-state index in [0.29, 0.717) is 42.7 Å². The summed E-state index contributed by atoms with van der Waals surface area (Å²) in [5, 5.41) is 7.59. The van der Waals surface area contributed by atoms with Gasteiger partial charge in [0.2, 0.25) is 5.95 Å². The van der Waals surface area contributed by atoms with E-state index in [1.54, 1.807) is 18.7 Å². The molecule has 0 aliphatic carbocycles. The molecule has 0 radical (unpaired) electrons. The summed E-state index contributed by atoms with van der Waals surface area (Å²) in [5.74, 6) is 1.48. The van der Waals surface area contributed by atoms with Gasteiger partial charge in [0.1, 0.15) is 12.4 Å². The number of nitrogens with zero attached hydrogens (tertiary/aromatic N) is 3. The van der Waals surface area contributed by atoms with Crippen molar-refractivity contribution in [3.8, 4) is 11.5 Å².